The van der Waals surface area contributed by atoms with Crippen LogP contribution in [0.5, 0.6) is 0 Å². The van der Waals surface area contributed by atoms with Crippen molar-refractivity contribution in [1.29, 1.82) is 0 Å². The van der Waals surface area contributed by atoms with Gasteiger partial charge in [0.15, 0.2) is 0 Å². The van der Waals surface area contributed by atoms with Crippen molar-refractivity contribution in [3.05, 3.63) is 70.8 Å². The SMILES string of the molecule is C#C.CC.CCCCSCCC(=O)N(Cc1cccc(CC)c1)C[C@@H](O)[C@@H](N)Cc1cc(F)cc(F)c1.COC(N)=O. The Balaban J connectivity index is 0. The number of benzene rings is 2. The summed E-state index contributed by atoms with van der Waals surface area (Å²) in [5, 5.41) is 10.7. The second-order valence-electron chi connectivity index (χ2n) is 8.90. The average molecular weight is 610 g/mol. The van der Waals surface area contributed by atoms with Gasteiger partial charge in [-0.05, 0) is 53.8 Å². The topological polar surface area (TPSA) is 119 Å². The first-order chi connectivity index (χ1) is 20.1. The van der Waals surface area contributed by atoms with E-state index in [0.717, 1.165) is 42.4 Å². The van der Waals surface area contributed by atoms with Crippen LogP contribution in [0, 0.1) is 24.5 Å². The molecule has 0 heterocycles. The third-order valence-corrected chi connectivity index (χ3v) is 6.80. The lowest BCUT2D eigenvalue weighted by Crippen LogP contribution is -2.46. The molecule has 5 N–H and O–H groups in total. The number of ether oxygens (including phenoxy) is 1. The molecule has 0 radical (unpaired) electrons. The number of nitrogens with zero attached hydrogens (tertiary/aromatic N) is 1. The molecule has 236 valence electrons. The summed E-state index contributed by atoms with van der Waals surface area (Å²) in [7, 11) is 1.22. The molecule has 0 saturated heterocycles. The van der Waals surface area contributed by atoms with Gasteiger partial charge < -0.3 is 26.2 Å². The second kappa shape index (κ2) is 25.6. The molecule has 2 aromatic rings. The van der Waals surface area contributed by atoms with Crippen molar-refractivity contribution < 1.29 is 28.2 Å². The molecule has 0 bridgehead atoms. The van der Waals surface area contributed by atoms with Crippen molar-refractivity contribution in [3.8, 4) is 12.8 Å². The van der Waals surface area contributed by atoms with Crippen molar-refractivity contribution in [2.24, 2.45) is 11.5 Å². The Labute approximate surface area is 255 Å². The number of amides is 2. The van der Waals surface area contributed by atoms with Gasteiger partial charge in [-0.15, -0.1) is 12.8 Å². The second-order valence-corrected chi connectivity index (χ2v) is 10.1. The quantitative estimate of drug-likeness (QED) is 0.187. The number of methoxy groups -OCH3 is 1. The number of thioether (sulfide) groups is 1. The summed E-state index contributed by atoms with van der Waals surface area (Å²) in [6.07, 6.45) is 9.87. The number of rotatable bonds is 14. The van der Waals surface area contributed by atoms with Crippen LogP contribution in [0.2, 0.25) is 0 Å². The molecule has 0 unspecified atom stereocenters. The molecule has 0 aliphatic heterocycles. The van der Waals surface area contributed by atoms with Crippen LogP contribution < -0.4 is 11.5 Å². The molecule has 0 aromatic heterocycles. The van der Waals surface area contributed by atoms with Crippen LogP contribution in [0.4, 0.5) is 13.6 Å². The summed E-state index contributed by atoms with van der Waals surface area (Å²) in [5.41, 5.74) is 13.1. The summed E-state index contributed by atoms with van der Waals surface area (Å²) in [6, 6.07) is 10.5. The highest BCUT2D eigenvalue weighted by Crippen LogP contribution is 2.15. The number of hydrogen-bond donors (Lipinski definition) is 3. The monoisotopic (exact) mass is 609 g/mol. The van der Waals surface area contributed by atoms with Gasteiger partial charge in [0.1, 0.15) is 11.6 Å². The molecule has 2 rings (SSSR count). The lowest BCUT2D eigenvalue weighted by Gasteiger charge is -2.28. The van der Waals surface area contributed by atoms with E-state index >= 15 is 0 Å². The minimum atomic E-state index is -1.03. The highest BCUT2D eigenvalue weighted by atomic mass is 32.2. The van der Waals surface area contributed by atoms with Crippen LogP contribution in [0.1, 0.15) is 63.6 Å². The van der Waals surface area contributed by atoms with Crippen molar-refractivity contribution in [1.82, 2.24) is 4.90 Å². The van der Waals surface area contributed by atoms with Crippen molar-refractivity contribution >= 4 is 23.8 Å². The molecule has 2 atom stereocenters. The van der Waals surface area contributed by atoms with Gasteiger partial charge in [0.25, 0.3) is 0 Å². The lowest BCUT2D eigenvalue weighted by atomic mass is 10.0. The molecule has 42 heavy (non-hydrogen) atoms. The van der Waals surface area contributed by atoms with Gasteiger partial charge in [0.2, 0.25) is 5.91 Å². The summed E-state index contributed by atoms with van der Waals surface area (Å²) in [6.45, 7) is 8.66. The minimum absolute atomic E-state index is 0.0380. The highest BCUT2D eigenvalue weighted by molar-refractivity contribution is 7.99. The van der Waals surface area contributed by atoms with Gasteiger partial charge in [-0.1, -0.05) is 58.4 Å². The van der Waals surface area contributed by atoms with Crippen molar-refractivity contribution in [3.63, 3.8) is 0 Å². The summed E-state index contributed by atoms with van der Waals surface area (Å²) < 4.78 is 30.9. The van der Waals surface area contributed by atoms with Crippen LogP contribution in [0.15, 0.2) is 42.5 Å². The smallest absolute Gasteiger partial charge is 0.404 e. The number of hydrogen-bond acceptors (Lipinski definition) is 6. The summed E-state index contributed by atoms with van der Waals surface area (Å²) >= 11 is 1.76. The number of aliphatic hydroxyl groups excluding tert-OH is 1. The Morgan fingerprint density at radius 3 is 2.12 bits per heavy atom. The van der Waals surface area contributed by atoms with E-state index in [0.29, 0.717) is 18.5 Å². The van der Waals surface area contributed by atoms with Crippen molar-refractivity contribution in [2.45, 2.75) is 78.5 Å². The molecule has 0 saturated carbocycles. The van der Waals surface area contributed by atoms with E-state index < -0.39 is 29.9 Å². The van der Waals surface area contributed by atoms with E-state index in [9.17, 15) is 23.5 Å². The Bertz CT molecular complexity index is 1020. The molecule has 10 heteroatoms. The predicted molar refractivity (Wildman–Crippen MR) is 170 cm³/mol. The highest BCUT2D eigenvalue weighted by Gasteiger charge is 2.23. The fourth-order valence-corrected chi connectivity index (χ4v) is 4.60. The Morgan fingerprint density at radius 1 is 1.02 bits per heavy atom. The van der Waals surface area contributed by atoms with E-state index in [1.165, 1.54) is 24.8 Å². The molecule has 0 fully saturated rings. The number of unbranched alkanes of at least 4 members (excludes halogenated alkanes) is 1. The normalized spacial score (nSPS) is 11.2. The number of primary amides is 1. The zero-order chi connectivity index (χ0) is 32.5. The van der Waals surface area contributed by atoms with Gasteiger partial charge in [-0.3, -0.25) is 4.79 Å². The molecule has 2 aromatic carbocycles. The zero-order valence-corrected chi connectivity index (χ0v) is 26.5. The van der Waals surface area contributed by atoms with Crippen LogP contribution in [0.3, 0.4) is 0 Å². The first-order valence-electron chi connectivity index (χ1n) is 14.1. The van der Waals surface area contributed by atoms with Crippen LogP contribution in [-0.2, 0) is 28.9 Å². The molecular formula is C32H49F2N3O4S. The maximum atomic E-state index is 13.5. The van der Waals surface area contributed by atoms with E-state index in [2.05, 4.69) is 43.2 Å². The third-order valence-electron chi connectivity index (χ3n) is 5.72. The van der Waals surface area contributed by atoms with Gasteiger partial charge >= 0.3 is 6.09 Å². The maximum absolute atomic E-state index is 13.5. The van der Waals surface area contributed by atoms with Crippen LogP contribution >= 0.6 is 11.8 Å². The fourth-order valence-electron chi connectivity index (χ4n) is 3.59. The number of carbonyl (C=O) groups excluding carboxylic acids is 2. The minimum Gasteiger partial charge on any atom is -0.453 e. The average Bonchev–Trinajstić information content (AvgIpc) is 2.98. The number of terminal acetylenes is 1. The van der Waals surface area contributed by atoms with Gasteiger partial charge in [0.05, 0.1) is 13.2 Å². The Hall–Kier alpha value is -3.13. The van der Waals surface area contributed by atoms with Crippen molar-refractivity contribution in [2.75, 3.05) is 25.2 Å². The largest absolute Gasteiger partial charge is 0.453 e. The van der Waals surface area contributed by atoms with Crippen LogP contribution in [0.25, 0.3) is 0 Å². The van der Waals surface area contributed by atoms with Gasteiger partial charge in [-0.2, -0.15) is 11.8 Å². The van der Waals surface area contributed by atoms with E-state index in [1.54, 1.807) is 16.7 Å². The molecular weight excluding hydrogens is 560 g/mol. The Morgan fingerprint density at radius 2 is 1.60 bits per heavy atom. The van der Waals surface area contributed by atoms with E-state index in [4.69, 9.17) is 5.73 Å². The van der Waals surface area contributed by atoms with Gasteiger partial charge in [-0.25, -0.2) is 13.6 Å². The standard InChI is InChI=1S/C26H36F2N2O2S.C2H5NO2.C2H6.C2H2/c1-3-5-10-33-11-9-26(32)30(17-20-8-6-7-19(4-2)12-20)18-25(31)24(29)15-21-13-22(27)16-23(28)14-21;1-5-2(3)4;2*1-2/h6-8,12-14,16,24-25,31H,3-5,9-11,15,17-18,29H2,1-2H3;1H3,(H2,3,4);1-2H3;1-2H/t24-,25+;;;/m0.../s1. The number of aryl methyl sites for hydroxylation is 1. The van der Waals surface area contributed by atoms with Crippen LogP contribution in [-0.4, -0.2) is 59.3 Å². The molecule has 7 nitrogen and oxygen atoms in total. The molecule has 0 aliphatic carbocycles. The first-order valence-corrected chi connectivity index (χ1v) is 15.2. The summed E-state index contributed by atoms with van der Waals surface area (Å²) in [4.78, 5) is 24.0. The Kier molecular flexibility index (Phi) is 25.0. The predicted octanol–water partition coefficient (Wildman–Crippen LogP) is 5.70. The molecule has 0 spiro atoms. The third kappa shape index (κ3) is 19.1. The lowest BCUT2D eigenvalue weighted by molar-refractivity contribution is -0.133. The van der Waals surface area contributed by atoms with E-state index in [-0.39, 0.29) is 18.9 Å². The molecule has 0 aliphatic rings. The summed E-state index contributed by atoms with van der Waals surface area (Å²) in [5.74, 6) is 0.360. The number of aliphatic hydroxyl groups is 1. The number of halogens is 2. The first kappa shape index (κ1) is 41.0. The maximum Gasteiger partial charge on any atom is 0.404 e. The zero-order valence-electron chi connectivity index (χ0n) is 25.7. The fraction of sp³-hybridized carbons (Fsp3) is 0.500. The number of carbonyl (C=O) groups is 2. The number of nitrogens with two attached hydrogens (primary N) is 2. The van der Waals surface area contributed by atoms with Gasteiger partial charge in [0, 0.05) is 37.4 Å². The molecule has 2 amide bonds. The van der Waals surface area contributed by atoms with E-state index in [1.807, 2.05) is 32.0 Å².